The van der Waals surface area contributed by atoms with E-state index in [9.17, 15) is 9.59 Å². The molecule has 240 valence electrons. The molecule has 2 aromatic carbocycles. The minimum atomic E-state index is -0.133. The number of carbonyl (C=O) groups is 2. The number of allylic oxidation sites excluding steroid dienone is 3. The predicted molar refractivity (Wildman–Crippen MR) is 186 cm³/mol. The van der Waals surface area contributed by atoms with Crippen LogP contribution in [-0.4, -0.2) is 49.6 Å². The summed E-state index contributed by atoms with van der Waals surface area (Å²) in [5.41, 5.74) is 5.05. The number of benzene rings is 2. The molecule has 7 nitrogen and oxygen atoms in total. The second-order valence-corrected chi connectivity index (χ2v) is 9.43. The molecule has 1 aliphatic heterocycles. The number of nitrogens with one attached hydrogen (secondary N) is 4. The Morgan fingerprint density at radius 3 is 2.11 bits per heavy atom. The molecule has 44 heavy (non-hydrogen) atoms. The van der Waals surface area contributed by atoms with Gasteiger partial charge in [-0.2, -0.15) is 29.8 Å². The molecule has 2 aromatic rings. The number of hydrogen-bond acceptors (Lipinski definition) is 5. The number of nitrogens with zero attached hydrogens (tertiary/aromatic N) is 1. The molecule has 4 N–H and O–H groups in total. The van der Waals surface area contributed by atoms with Crippen molar-refractivity contribution in [1.29, 1.82) is 5.41 Å². The molecule has 0 unspecified atom stereocenters. The van der Waals surface area contributed by atoms with Crippen LogP contribution in [0.5, 0.6) is 0 Å². The van der Waals surface area contributed by atoms with E-state index < -0.39 is 0 Å². The fourth-order valence-corrected chi connectivity index (χ4v) is 3.86. The van der Waals surface area contributed by atoms with Crippen molar-refractivity contribution >= 4 is 29.9 Å². The molecule has 0 bridgehead atoms. The maximum Gasteiger partial charge on any atom is 2.00 e. The molecule has 2 amide bonds. The van der Waals surface area contributed by atoms with Crippen molar-refractivity contribution in [3.05, 3.63) is 103 Å². The largest absolute Gasteiger partial charge is 2.00 e. The van der Waals surface area contributed by atoms with Gasteiger partial charge in [0.05, 0.1) is 0 Å². The van der Waals surface area contributed by atoms with E-state index in [1.54, 1.807) is 30.3 Å². The Morgan fingerprint density at radius 1 is 1.02 bits per heavy atom. The van der Waals surface area contributed by atoms with Crippen LogP contribution in [0, 0.1) is 56.9 Å². The maximum atomic E-state index is 12.4. The van der Waals surface area contributed by atoms with Gasteiger partial charge in [-0.15, -0.1) is 5.56 Å². The van der Waals surface area contributed by atoms with Crippen LogP contribution in [0.2, 0.25) is 0 Å². The fraction of sp³-hybridized carbons (Fsp3) is 0.389. The van der Waals surface area contributed by atoms with Gasteiger partial charge in [-0.1, -0.05) is 65.8 Å². The van der Waals surface area contributed by atoms with Gasteiger partial charge >= 0.3 is 31.1 Å². The van der Waals surface area contributed by atoms with Crippen LogP contribution in [0.4, 0.5) is 5.69 Å². The average Bonchev–Trinajstić information content (AvgIpc) is 3.53. The van der Waals surface area contributed by atoms with Crippen molar-refractivity contribution in [3.8, 4) is 0 Å². The first kappa shape index (κ1) is 45.5. The smallest absolute Gasteiger partial charge is 0.369 e. The molecule has 1 saturated heterocycles. The summed E-state index contributed by atoms with van der Waals surface area (Å²) in [7, 11) is 0. The quantitative estimate of drug-likeness (QED) is 0.106. The van der Waals surface area contributed by atoms with Gasteiger partial charge in [0.25, 0.3) is 5.91 Å². The SMILES string of the molecule is C=C/C=C(\N/C(C)=C\CC(=O)Nc1ccc(C(=O)NCCN2CCCC2)cc1)c1c[c-]c(C)cc1.C=N.CC.CCC.[CH3-].[U+2]. The molecule has 1 fully saturated rings. The third-order valence-electron chi connectivity index (χ3n) is 5.83. The molecular formula is C36H55N5O2U. The van der Waals surface area contributed by atoms with Crippen LogP contribution in [0.1, 0.15) is 81.8 Å². The molecule has 0 aromatic heterocycles. The second-order valence-electron chi connectivity index (χ2n) is 9.43. The van der Waals surface area contributed by atoms with Gasteiger partial charge in [-0.05, 0) is 69.5 Å². The number of rotatable bonds is 11. The van der Waals surface area contributed by atoms with E-state index in [1.165, 1.54) is 19.3 Å². The van der Waals surface area contributed by atoms with Crippen molar-refractivity contribution in [2.75, 3.05) is 31.5 Å². The van der Waals surface area contributed by atoms with E-state index in [-0.39, 0.29) is 56.8 Å². The Kier molecular flexibility index (Phi) is 29.8. The molecule has 0 radical (unpaired) electrons. The van der Waals surface area contributed by atoms with Gasteiger partial charge in [0.2, 0.25) is 5.91 Å². The number of carbonyl (C=O) groups excluding carboxylic acids is 2. The van der Waals surface area contributed by atoms with Crippen molar-refractivity contribution < 1.29 is 40.7 Å². The third-order valence-corrected chi connectivity index (χ3v) is 5.83. The Bertz CT molecular complexity index is 1110. The molecule has 1 heterocycles. The van der Waals surface area contributed by atoms with Crippen molar-refractivity contribution in [2.24, 2.45) is 0 Å². The summed E-state index contributed by atoms with van der Waals surface area (Å²) in [6.45, 7) is 22.2. The Hall–Kier alpha value is -2.92. The average molecular weight is 828 g/mol. The van der Waals surface area contributed by atoms with E-state index in [2.05, 4.69) is 54.1 Å². The van der Waals surface area contributed by atoms with Crippen molar-refractivity contribution in [3.63, 3.8) is 0 Å². The Balaban J connectivity index is -0.00000173. The second kappa shape index (κ2) is 28.8. The molecular weight excluding hydrogens is 772 g/mol. The van der Waals surface area contributed by atoms with Crippen LogP contribution in [0.25, 0.3) is 5.70 Å². The predicted octanol–water partition coefficient (Wildman–Crippen LogP) is 7.83. The summed E-state index contributed by atoms with van der Waals surface area (Å²) in [4.78, 5) is 27.1. The molecule has 1 aliphatic rings. The van der Waals surface area contributed by atoms with Gasteiger partial charge in [0.1, 0.15) is 0 Å². The van der Waals surface area contributed by atoms with Gasteiger partial charge in [-0.25, -0.2) is 0 Å². The number of amides is 2. The minimum Gasteiger partial charge on any atom is -0.369 e. The van der Waals surface area contributed by atoms with Gasteiger partial charge in [0, 0.05) is 36.5 Å². The zero-order chi connectivity index (χ0) is 31.8. The summed E-state index contributed by atoms with van der Waals surface area (Å²) in [5, 5.41) is 14.7. The van der Waals surface area contributed by atoms with E-state index in [0.29, 0.717) is 17.8 Å². The van der Waals surface area contributed by atoms with E-state index >= 15 is 0 Å². The van der Waals surface area contributed by atoms with Crippen molar-refractivity contribution in [2.45, 2.75) is 67.2 Å². The first-order chi connectivity index (χ1) is 20.4. The number of anilines is 1. The topological polar surface area (TPSA) is 97.3 Å². The van der Waals surface area contributed by atoms with E-state index in [1.807, 2.05) is 58.0 Å². The van der Waals surface area contributed by atoms with Gasteiger partial charge in [0.15, 0.2) is 0 Å². The summed E-state index contributed by atoms with van der Waals surface area (Å²) >= 11 is 0. The summed E-state index contributed by atoms with van der Waals surface area (Å²) in [6, 6.07) is 16.1. The van der Waals surface area contributed by atoms with Crippen LogP contribution in [0.15, 0.2) is 73.0 Å². The molecule has 0 saturated carbocycles. The third kappa shape index (κ3) is 19.4. The van der Waals surface area contributed by atoms with E-state index in [4.69, 9.17) is 5.41 Å². The number of likely N-dealkylation sites (tertiary alicyclic amines) is 1. The minimum absolute atomic E-state index is 0. The zero-order valence-electron chi connectivity index (χ0n) is 28.1. The summed E-state index contributed by atoms with van der Waals surface area (Å²) < 4.78 is 0. The van der Waals surface area contributed by atoms with Crippen LogP contribution >= 0.6 is 0 Å². The van der Waals surface area contributed by atoms with E-state index in [0.717, 1.165) is 42.2 Å². The van der Waals surface area contributed by atoms with Gasteiger partial charge < -0.3 is 33.7 Å². The first-order valence-corrected chi connectivity index (χ1v) is 14.9. The normalized spacial score (nSPS) is 12.1. The first-order valence-electron chi connectivity index (χ1n) is 14.9. The Morgan fingerprint density at radius 2 is 1.59 bits per heavy atom. The van der Waals surface area contributed by atoms with Crippen LogP contribution in [0.3, 0.4) is 0 Å². The molecule has 0 spiro atoms. The maximum absolute atomic E-state index is 12.4. The fourth-order valence-electron chi connectivity index (χ4n) is 3.86. The zero-order valence-corrected chi connectivity index (χ0v) is 32.3. The number of aryl methyl sites for hydroxylation is 1. The summed E-state index contributed by atoms with van der Waals surface area (Å²) in [6.07, 6.45) is 9.41. The molecule has 0 aliphatic carbocycles. The van der Waals surface area contributed by atoms with Crippen molar-refractivity contribution in [1.82, 2.24) is 15.5 Å². The monoisotopic (exact) mass is 827 g/mol. The van der Waals surface area contributed by atoms with Crippen LogP contribution < -0.4 is 16.0 Å². The van der Waals surface area contributed by atoms with Crippen LogP contribution in [-0.2, 0) is 4.79 Å². The number of hydrogen-bond donors (Lipinski definition) is 4. The Labute approximate surface area is 291 Å². The molecule has 3 rings (SSSR count). The molecule has 0 atom stereocenters. The molecule has 8 heteroatoms. The standard InChI is InChI=1S/C29H35N4O2.C3H8.C2H6.CH3N.CH3.U/c1-4-7-27(24-11-8-22(2)9-12-24)31-23(3)10-17-28(34)32-26-15-13-25(14-16-26)29(35)30-18-21-33-19-5-6-20-33;1-3-2;2*1-2;;/h4,7-8,10-16,31H,1,5-6,17-21H2,2-3H3,(H,30,35)(H,32,34);3H2,1-2H3;1-2H3;2H,1H2;1H3;/q-1;;;;-1;+2/b23-10-,27-7-;;;;;. The van der Waals surface area contributed by atoms with Gasteiger partial charge in [-0.3, -0.25) is 9.59 Å². The summed E-state index contributed by atoms with van der Waals surface area (Å²) in [5.74, 6) is -0.229.